The molecule has 0 saturated carbocycles. The minimum atomic E-state index is -4.96. The second-order valence-corrected chi connectivity index (χ2v) is 7.34. The molecule has 176 valence electrons. The lowest BCUT2D eigenvalue weighted by Gasteiger charge is -2.11. The maximum Gasteiger partial charge on any atom is 0.573 e. The third kappa shape index (κ3) is 6.30. The van der Waals surface area contributed by atoms with E-state index in [1.807, 2.05) is 24.3 Å². The monoisotopic (exact) mass is 479 g/mol. The largest absolute Gasteiger partial charge is 0.573 e. The van der Waals surface area contributed by atoms with Crippen LogP contribution in [0.1, 0.15) is 5.56 Å². The summed E-state index contributed by atoms with van der Waals surface area (Å²) in [4.78, 5) is 0. The van der Waals surface area contributed by atoms with Crippen molar-refractivity contribution in [3.8, 4) is 45.6 Å². The first-order chi connectivity index (χ1) is 16.8. The van der Waals surface area contributed by atoms with Crippen molar-refractivity contribution in [2.45, 2.75) is 6.36 Å². The first-order valence-electron chi connectivity index (χ1n) is 10.3. The number of hydrogen-bond donors (Lipinski definition) is 0. The van der Waals surface area contributed by atoms with Gasteiger partial charge in [-0.15, -0.1) is 13.2 Å². The molecule has 4 aromatic carbocycles. The van der Waals surface area contributed by atoms with Crippen LogP contribution in [0.25, 0.3) is 22.3 Å². The number of nitrogens with zero attached hydrogens (tertiary/aromatic N) is 1. The van der Waals surface area contributed by atoms with Crippen molar-refractivity contribution in [3.05, 3.63) is 102 Å². The van der Waals surface area contributed by atoms with E-state index in [0.29, 0.717) is 28.2 Å². The molecule has 4 aromatic rings. The van der Waals surface area contributed by atoms with Gasteiger partial charge in [0.1, 0.15) is 11.5 Å². The van der Waals surface area contributed by atoms with E-state index in [1.54, 1.807) is 48.5 Å². The maximum absolute atomic E-state index is 13.9. The Balaban J connectivity index is 1.31. The van der Waals surface area contributed by atoms with Crippen molar-refractivity contribution in [2.75, 3.05) is 6.79 Å². The lowest BCUT2D eigenvalue weighted by Crippen LogP contribution is -2.17. The predicted molar refractivity (Wildman–Crippen MR) is 121 cm³/mol. The fourth-order valence-corrected chi connectivity index (χ4v) is 3.28. The molecule has 4 nitrogen and oxygen atoms in total. The highest BCUT2D eigenvalue weighted by Crippen LogP contribution is 2.30. The van der Waals surface area contributed by atoms with Gasteiger partial charge in [0, 0.05) is 0 Å². The fourth-order valence-electron chi connectivity index (χ4n) is 3.28. The summed E-state index contributed by atoms with van der Waals surface area (Å²) in [6, 6.07) is 26.6. The van der Waals surface area contributed by atoms with Crippen LogP contribution < -0.4 is 14.2 Å². The van der Waals surface area contributed by atoms with Crippen LogP contribution >= 0.6 is 0 Å². The zero-order chi connectivity index (χ0) is 24.8. The standard InChI is InChI=1S/C27H17F4NO3/c28-25-15-22(9-14-26(25)35-27(29,30)31)21-7-12-24(13-8-21)34-17-33-23-10-5-20(6-11-23)19-3-1-18(16-32)2-4-19/h1-15H,17H2. The van der Waals surface area contributed by atoms with Gasteiger partial charge in [0.05, 0.1) is 11.6 Å². The summed E-state index contributed by atoms with van der Waals surface area (Å²) in [6.07, 6.45) is -4.96. The molecule has 0 saturated heterocycles. The van der Waals surface area contributed by atoms with Crippen LogP contribution in [-0.4, -0.2) is 13.2 Å². The number of rotatable bonds is 7. The van der Waals surface area contributed by atoms with Crippen molar-refractivity contribution < 1.29 is 31.8 Å². The number of halogens is 4. The number of benzene rings is 4. The highest BCUT2D eigenvalue weighted by molar-refractivity contribution is 5.66. The molecule has 0 aliphatic heterocycles. The molecule has 0 aliphatic carbocycles. The molecule has 0 aliphatic rings. The second kappa shape index (κ2) is 10.2. The van der Waals surface area contributed by atoms with Gasteiger partial charge in [-0.1, -0.05) is 42.5 Å². The number of ether oxygens (including phenoxy) is 3. The molecule has 0 radical (unpaired) electrons. The number of hydrogen-bond acceptors (Lipinski definition) is 4. The molecule has 0 amide bonds. The van der Waals surface area contributed by atoms with E-state index in [2.05, 4.69) is 10.8 Å². The lowest BCUT2D eigenvalue weighted by atomic mass is 10.0. The van der Waals surface area contributed by atoms with Crippen molar-refractivity contribution in [3.63, 3.8) is 0 Å². The van der Waals surface area contributed by atoms with Gasteiger partial charge in [0.25, 0.3) is 0 Å². The first-order valence-corrected chi connectivity index (χ1v) is 10.3. The molecule has 0 heterocycles. The topological polar surface area (TPSA) is 51.5 Å². The van der Waals surface area contributed by atoms with Gasteiger partial charge in [-0.05, 0) is 70.8 Å². The summed E-state index contributed by atoms with van der Waals surface area (Å²) in [6.45, 7) is -0.0480. The minimum absolute atomic E-state index is 0.0480. The molecular formula is C27H17F4NO3. The predicted octanol–water partition coefficient (Wildman–Crippen LogP) is 7.35. The van der Waals surface area contributed by atoms with Crippen LogP contribution in [0.4, 0.5) is 17.6 Å². The highest BCUT2D eigenvalue weighted by atomic mass is 19.4. The Bertz CT molecular complexity index is 1330. The van der Waals surface area contributed by atoms with Gasteiger partial charge in [-0.3, -0.25) is 0 Å². The Morgan fingerprint density at radius 2 is 1.11 bits per heavy atom. The van der Waals surface area contributed by atoms with E-state index in [4.69, 9.17) is 14.7 Å². The molecule has 0 N–H and O–H groups in total. The fraction of sp³-hybridized carbons (Fsp3) is 0.0741. The average Bonchev–Trinajstić information content (AvgIpc) is 2.85. The second-order valence-electron chi connectivity index (χ2n) is 7.34. The minimum Gasteiger partial charge on any atom is -0.458 e. The van der Waals surface area contributed by atoms with E-state index in [0.717, 1.165) is 23.3 Å². The molecule has 0 fully saturated rings. The van der Waals surface area contributed by atoms with E-state index in [9.17, 15) is 17.6 Å². The molecule has 0 aromatic heterocycles. The molecule has 35 heavy (non-hydrogen) atoms. The van der Waals surface area contributed by atoms with Crippen LogP contribution in [0.15, 0.2) is 91.0 Å². The van der Waals surface area contributed by atoms with Crippen LogP contribution in [0.3, 0.4) is 0 Å². The smallest absolute Gasteiger partial charge is 0.458 e. The van der Waals surface area contributed by atoms with Crippen LogP contribution in [0.2, 0.25) is 0 Å². The Kier molecular flexibility index (Phi) is 6.88. The normalized spacial score (nSPS) is 10.9. The molecule has 0 atom stereocenters. The van der Waals surface area contributed by atoms with Gasteiger partial charge in [0.2, 0.25) is 6.79 Å². The first kappa shape index (κ1) is 23.6. The van der Waals surface area contributed by atoms with Crippen molar-refractivity contribution >= 4 is 0 Å². The van der Waals surface area contributed by atoms with Crippen molar-refractivity contribution in [1.29, 1.82) is 5.26 Å². The van der Waals surface area contributed by atoms with Gasteiger partial charge < -0.3 is 14.2 Å². The zero-order valence-electron chi connectivity index (χ0n) is 18.1. The summed E-state index contributed by atoms with van der Waals surface area (Å²) in [5.74, 6) is -0.891. The number of nitriles is 1. The molecule has 0 bridgehead atoms. The lowest BCUT2D eigenvalue weighted by molar-refractivity contribution is -0.275. The maximum atomic E-state index is 13.9. The molecule has 0 spiro atoms. The Labute approximate surface area is 198 Å². The summed E-state index contributed by atoms with van der Waals surface area (Å²) in [5, 5.41) is 8.89. The highest BCUT2D eigenvalue weighted by Gasteiger charge is 2.32. The van der Waals surface area contributed by atoms with Crippen molar-refractivity contribution in [1.82, 2.24) is 0 Å². The van der Waals surface area contributed by atoms with Gasteiger partial charge in [-0.2, -0.15) is 5.26 Å². The summed E-state index contributed by atoms with van der Waals surface area (Å²) in [7, 11) is 0. The average molecular weight is 479 g/mol. The molecular weight excluding hydrogens is 462 g/mol. The summed E-state index contributed by atoms with van der Waals surface area (Å²) >= 11 is 0. The molecule has 8 heteroatoms. The zero-order valence-corrected chi connectivity index (χ0v) is 18.1. The molecule has 4 rings (SSSR count). The van der Waals surface area contributed by atoms with Crippen LogP contribution in [0, 0.1) is 17.1 Å². The summed E-state index contributed by atoms with van der Waals surface area (Å²) < 4.78 is 65.6. The number of alkyl halides is 3. The van der Waals surface area contributed by atoms with Crippen LogP contribution in [0.5, 0.6) is 17.2 Å². The quantitative estimate of drug-likeness (QED) is 0.206. The van der Waals surface area contributed by atoms with E-state index < -0.39 is 17.9 Å². The Hall–Kier alpha value is -4.51. The third-order valence-corrected chi connectivity index (χ3v) is 5.00. The SMILES string of the molecule is N#Cc1ccc(-c2ccc(OCOc3ccc(-c4ccc(OC(F)(F)F)c(F)c4)cc3)cc2)cc1. The van der Waals surface area contributed by atoms with Gasteiger partial charge in [-0.25, -0.2) is 4.39 Å². The van der Waals surface area contributed by atoms with Crippen LogP contribution in [-0.2, 0) is 0 Å². The van der Waals surface area contributed by atoms with Gasteiger partial charge in [0.15, 0.2) is 11.6 Å². The van der Waals surface area contributed by atoms with Gasteiger partial charge >= 0.3 is 6.36 Å². The summed E-state index contributed by atoms with van der Waals surface area (Å²) in [5.41, 5.74) is 3.54. The van der Waals surface area contributed by atoms with E-state index in [-0.39, 0.29) is 6.79 Å². The Morgan fingerprint density at radius 1 is 0.657 bits per heavy atom. The van der Waals surface area contributed by atoms with E-state index >= 15 is 0 Å². The third-order valence-electron chi connectivity index (χ3n) is 5.00. The van der Waals surface area contributed by atoms with Crippen molar-refractivity contribution in [2.24, 2.45) is 0 Å². The van der Waals surface area contributed by atoms with E-state index in [1.165, 1.54) is 6.07 Å². The Morgan fingerprint density at radius 3 is 1.57 bits per heavy atom. The molecule has 0 unspecified atom stereocenters.